The van der Waals surface area contributed by atoms with Gasteiger partial charge < -0.3 is 0 Å². The first-order valence-electron chi connectivity index (χ1n) is 6.10. The predicted octanol–water partition coefficient (Wildman–Crippen LogP) is 2.84. The molecule has 0 saturated heterocycles. The van der Waals surface area contributed by atoms with E-state index in [4.69, 9.17) is 0 Å². The van der Waals surface area contributed by atoms with Crippen LogP contribution in [0.4, 0.5) is 0 Å². The predicted molar refractivity (Wildman–Crippen MR) is 62.9 cm³/mol. The quantitative estimate of drug-likeness (QED) is 0.721. The maximum atomic E-state index is 4.29. The van der Waals surface area contributed by atoms with Crippen LogP contribution in [0.5, 0.6) is 0 Å². The fourth-order valence-corrected chi connectivity index (χ4v) is 1.80. The third kappa shape index (κ3) is 3.33. The van der Waals surface area contributed by atoms with E-state index < -0.39 is 0 Å². The summed E-state index contributed by atoms with van der Waals surface area (Å²) >= 11 is 0. The topological polar surface area (TPSA) is 30.7 Å². The molecule has 0 atom stereocenters. The molecule has 0 saturated carbocycles. The van der Waals surface area contributed by atoms with Crippen LogP contribution in [0, 0.1) is 5.92 Å². The van der Waals surface area contributed by atoms with Gasteiger partial charge in [0.1, 0.15) is 0 Å². The summed E-state index contributed by atoms with van der Waals surface area (Å²) < 4.78 is 2.09. The Kier molecular flexibility index (Phi) is 4.79. The highest BCUT2D eigenvalue weighted by atomic mass is 15.4. The molecule has 0 aliphatic carbocycles. The minimum atomic E-state index is 0.676. The Morgan fingerprint density at radius 3 is 2.47 bits per heavy atom. The third-order valence-corrected chi connectivity index (χ3v) is 2.44. The van der Waals surface area contributed by atoms with Crippen LogP contribution in [0.1, 0.15) is 51.9 Å². The summed E-state index contributed by atoms with van der Waals surface area (Å²) in [4.78, 5) is 0. The molecule has 0 unspecified atom stereocenters. The molecule has 86 valence electrons. The van der Waals surface area contributed by atoms with Crippen LogP contribution in [0.25, 0.3) is 0 Å². The van der Waals surface area contributed by atoms with Crippen LogP contribution in [0.3, 0.4) is 0 Å². The highest BCUT2D eigenvalue weighted by Crippen LogP contribution is 2.13. The van der Waals surface area contributed by atoms with E-state index in [-0.39, 0.29) is 0 Å². The highest BCUT2D eigenvalue weighted by molar-refractivity contribution is 5.11. The minimum absolute atomic E-state index is 0.676. The molecule has 0 spiro atoms. The van der Waals surface area contributed by atoms with Crippen LogP contribution in [0.2, 0.25) is 0 Å². The van der Waals surface area contributed by atoms with Crippen molar-refractivity contribution in [3.8, 4) is 0 Å². The Morgan fingerprint density at radius 1 is 1.20 bits per heavy atom. The lowest BCUT2D eigenvalue weighted by atomic mass is 10.0. The number of hydrogen-bond donors (Lipinski definition) is 0. The zero-order chi connectivity index (χ0) is 11.3. The van der Waals surface area contributed by atoms with E-state index in [2.05, 4.69) is 42.7 Å². The molecule has 15 heavy (non-hydrogen) atoms. The van der Waals surface area contributed by atoms with Crippen molar-refractivity contribution in [1.29, 1.82) is 0 Å². The first-order chi connectivity index (χ1) is 7.19. The molecule has 0 N–H and O–H groups in total. The van der Waals surface area contributed by atoms with Gasteiger partial charge in [-0.15, -0.1) is 5.10 Å². The Balaban J connectivity index is 2.86. The lowest BCUT2D eigenvalue weighted by molar-refractivity contribution is 0.525. The molecule has 1 rings (SSSR count). The van der Waals surface area contributed by atoms with E-state index in [9.17, 15) is 0 Å². The second-order valence-electron chi connectivity index (χ2n) is 4.55. The van der Waals surface area contributed by atoms with Crippen molar-refractivity contribution >= 4 is 0 Å². The van der Waals surface area contributed by atoms with Crippen molar-refractivity contribution in [2.24, 2.45) is 5.92 Å². The first-order valence-corrected chi connectivity index (χ1v) is 6.10. The van der Waals surface area contributed by atoms with E-state index in [1.165, 1.54) is 11.4 Å². The molecule has 0 aliphatic heterocycles. The van der Waals surface area contributed by atoms with Gasteiger partial charge in [0.15, 0.2) is 0 Å². The van der Waals surface area contributed by atoms with Gasteiger partial charge in [-0.2, -0.15) is 0 Å². The lowest BCUT2D eigenvalue weighted by Crippen LogP contribution is -2.08. The standard InChI is InChI=1S/C12H23N3/c1-5-7-11-12(9-10(3)4)15(8-6-2)14-13-11/h10H,5-9H2,1-4H3. The van der Waals surface area contributed by atoms with Crippen LogP contribution in [-0.4, -0.2) is 15.0 Å². The van der Waals surface area contributed by atoms with Crippen molar-refractivity contribution in [3.05, 3.63) is 11.4 Å². The van der Waals surface area contributed by atoms with E-state index >= 15 is 0 Å². The summed E-state index contributed by atoms with van der Waals surface area (Å²) in [7, 11) is 0. The molecular weight excluding hydrogens is 186 g/mol. The van der Waals surface area contributed by atoms with E-state index in [0.29, 0.717) is 5.92 Å². The molecule has 3 heteroatoms. The molecular formula is C12H23N3. The first kappa shape index (κ1) is 12.2. The van der Waals surface area contributed by atoms with Gasteiger partial charge in [-0.1, -0.05) is 39.3 Å². The van der Waals surface area contributed by atoms with Gasteiger partial charge in [-0.05, 0) is 25.2 Å². The van der Waals surface area contributed by atoms with Crippen LogP contribution in [0.15, 0.2) is 0 Å². The highest BCUT2D eigenvalue weighted by Gasteiger charge is 2.12. The Labute approximate surface area is 92.9 Å². The average molecular weight is 209 g/mol. The van der Waals surface area contributed by atoms with Crippen molar-refractivity contribution in [2.75, 3.05) is 0 Å². The summed E-state index contributed by atoms with van der Waals surface area (Å²) in [6.07, 6.45) is 4.43. The normalized spacial score (nSPS) is 11.3. The fraction of sp³-hybridized carbons (Fsp3) is 0.833. The van der Waals surface area contributed by atoms with Crippen molar-refractivity contribution in [1.82, 2.24) is 15.0 Å². The summed E-state index contributed by atoms with van der Waals surface area (Å²) in [6.45, 7) is 9.87. The van der Waals surface area contributed by atoms with Gasteiger partial charge >= 0.3 is 0 Å². The molecule has 0 aromatic carbocycles. The largest absolute Gasteiger partial charge is 0.249 e. The van der Waals surface area contributed by atoms with Crippen LogP contribution >= 0.6 is 0 Å². The van der Waals surface area contributed by atoms with Crippen molar-refractivity contribution in [2.45, 2.75) is 59.9 Å². The zero-order valence-electron chi connectivity index (χ0n) is 10.5. The summed E-state index contributed by atoms with van der Waals surface area (Å²) in [5.74, 6) is 0.676. The summed E-state index contributed by atoms with van der Waals surface area (Å²) in [6, 6.07) is 0. The Morgan fingerprint density at radius 2 is 1.93 bits per heavy atom. The molecule has 0 radical (unpaired) electrons. The average Bonchev–Trinajstić information content (AvgIpc) is 2.51. The van der Waals surface area contributed by atoms with Gasteiger partial charge in [-0.3, -0.25) is 0 Å². The Hall–Kier alpha value is -0.860. The molecule has 0 fully saturated rings. The zero-order valence-corrected chi connectivity index (χ0v) is 10.5. The maximum absolute atomic E-state index is 4.29. The molecule has 1 aromatic heterocycles. The third-order valence-electron chi connectivity index (χ3n) is 2.44. The molecule has 0 aliphatic rings. The molecule has 0 amide bonds. The fourth-order valence-electron chi connectivity index (χ4n) is 1.80. The van der Waals surface area contributed by atoms with E-state index in [1.807, 2.05) is 0 Å². The van der Waals surface area contributed by atoms with Gasteiger partial charge in [0.25, 0.3) is 0 Å². The van der Waals surface area contributed by atoms with Gasteiger partial charge in [0.05, 0.1) is 11.4 Å². The van der Waals surface area contributed by atoms with Gasteiger partial charge in [0, 0.05) is 6.54 Å². The van der Waals surface area contributed by atoms with Crippen molar-refractivity contribution in [3.63, 3.8) is 0 Å². The number of rotatable bonds is 6. The SMILES string of the molecule is CCCc1nnn(CCC)c1CC(C)C. The van der Waals surface area contributed by atoms with Gasteiger partial charge in [0.2, 0.25) is 0 Å². The monoisotopic (exact) mass is 209 g/mol. The smallest absolute Gasteiger partial charge is 0.0859 e. The number of nitrogens with zero attached hydrogens (tertiary/aromatic N) is 3. The number of aryl methyl sites for hydroxylation is 2. The summed E-state index contributed by atoms with van der Waals surface area (Å²) in [5, 5.41) is 8.53. The maximum Gasteiger partial charge on any atom is 0.0859 e. The Bertz CT molecular complexity index is 266. The van der Waals surface area contributed by atoms with Gasteiger partial charge in [-0.25, -0.2) is 4.68 Å². The molecule has 0 bridgehead atoms. The molecule has 3 nitrogen and oxygen atoms in total. The van der Waals surface area contributed by atoms with E-state index in [0.717, 1.165) is 32.2 Å². The molecule has 1 heterocycles. The second-order valence-corrected chi connectivity index (χ2v) is 4.55. The van der Waals surface area contributed by atoms with Crippen LogP contribution in [-0.2, 0) is 19.4 Å². The minimum Gasteiger partial charge on any atom is -0.249 e. The summed E-state index contributed by atoms with van der Waals surface area (Å²) in [5.41, 5.74) is 2.56. The van der Waals surface area contributed by atoms with E-state index in [1.54, 1.807) is 0 Å². The van der Waals surface area contributed by atoms with Crippen LogP contribution < -0.4 is 0 Å². The van der Waals surface area contributed by atoms with Crippen molar-refractivity contribution < 1.29 is 0 Å². The number of hydrogen-bond acceptors (Lipinski definition) is 2. The number of aromatic nitrogens is 3. The lowest BCUT2D eigenvalue weighted by Gasteiger charge is -2.09. The molecule has 1 aromatic rings. The second kappa shape index (κ2) is 5.89.